The van der Waals surface area contributed by atoms with Crippen LogP contribution >= 0.6 is 15.9 Å². The Morgan fingerprint density at radius 2 is 1.68 bits per heavy atom. The van der Waals surface area contributed by atoms with Crippen LogP contribution in [0.4, 0.5) is 4.39 Å². The van der Waals surface area contributed by atoms with Crippen molar-refractivity contribution < 1.29 is 13.5 Å². The molecule has 2 heterocycles. The normalized spacial score (nSPS) is 16.7. The number of ether oxygens (including phenoxy) is 1. The molecule has 2 aromatic carbocycles. The second kappa shape index (κ2) is 6.69. The summed E-state index contributed by atoms with van der Waals surface area (Å²) in [6, 6.07) is 14.5. The Labute approximate surface area is 153 Å². The van der Waals surface area contributed by atoms with Gasteiger partial charge in [-0.3, -0.25) is 0 Å². The second-order valence-electron chi connectivity index (χ2n) is 6.09. The van der Waals surface area contributed by atoms with Crippen LogP contribution in [-0.4, -0.2) is 23.4 Å². The molecule has 0 bridgehead atoms. The van der Waals surface area contributed by atoms with Gasteiger partial charge in [-0.05, 0) is 42.7 Å². The molecule has 3 aromatic rings. The molecule has 1 aliphatic heterocycles. The predicted molar refractivity (Wildman–Crippen MR) is 94.7 cm³/mol. The van der Waals surface area contributed by atoms with Crippen LogP contribution in [-0.2, 0) is 10.2 Å². The Balaban J connectivity index is 1.79. The first-order valence-corrected chi connectivity index (χ1v) is 8.91. The molecule has 0 atom stereocenters. The van der Waals surface area contributed by atoms with E-state index in [-0.39, 0.29) is 11.7 Å². The van der Waals surface area contributed by atoms with Gasteiger partial charge < -0.3 is 9.15 Å². The van der Waals surface area contributed by atoms with Gasteiger partial charge in [0.25, 0.3) is 5.89 Å². The summed E-state index contributed by atoms with van der Waals surface area (Å²) in [6.45, 7) is 1.24. The first-order valence-electron chi connectivity index (χ1n) is 8.12. The van der Waals surface area contributed by atoms with Crippen LogP contribution in [0.3, 0.4) is 0 Å². The zero-order chi connectivity index (χ0) is 17.3. The number of benzene rings is 2. The Morgan fingerprint density at radius 1 is 0.960 bits per heavy atom. The van der Waals surface area contributed by atoms with Crippen molar-refractivity contribution >= 4 is 15.9 Å². The zero-order valence-corrected chi connectivity index (χ0v) is 15.0. The Hall–Kier alpha value is -2.05. The number of hydrogen-bond acceptors (Lipinski definition) is 4. The lowest BCUT2D eigenvalue weighted by atomic mass is 9.74. The highest BCUT2D eigenvalue weighted by Crippen LogP contribution is 2.41. The third-order valence-electron chi connectivity index (χ3n) is 4.68. The van der Waals surface area contributed by atoms with Crippen LogP contribution in [0.15, 0.2) is 57.4 Å². The molecule has 128 valence electrons. The van der Waals surface area contributed by atoms with E-state index in [2.05, 4.69) is 38.3 Å². The molecular weight excluding hydrogens is 387 g/mol. The van der Waals surface area contributed by atoms with Crippen molar-refractivity contribution in [3.8, 4) is 11.5 Å². The summed E-state index contributed by atoms with van der Waals surface area (Å²) in [5.41, 5.74) is 1.01. The van der Waals surface area contributed by atoms with Crippen LogP contribution in [0.25, 0.3) is 11.5 Å². The molecule has 0 amide bonds. The van der Waals surface area contributed by atoms with E-state index >= 15 is 0 Å². The smallest absolute Gasteiger partial charge is 0.250 e. The molecule has 0 radical (unpaired) electrons. The highest BCUT2D eigenvalue weighted by Gasteiger charge is 2.41. The topological polar surface area (TPSA) is 48.2 Å². The van der Waals surface area contributed by atoms with Crippen LogP contribution in [0.1, 0.15) is 24.3 Å². The summed E-state index contributed by atoms with van der Waals surface area (Å²) >= 11 is 3.47. The Kier molecular flexibility index (Phi) is 4.39. The maximum Gasteiger partial charge on any atom is 0.250 e. The lowest BCUT2D eigenvalue weighted by Gasteiger charge is -2.34. The van der Waals surface area contributed by atoms with Gasteiger partial charge in [-0.15, -0.1) is 10.2 Å². The summed E-state index contributed by atoms with van der Waals surface area (Å²) in [7, 11) is 0. The third-order valence-corrected chi connectivity index (χ3v) is 5.21. The summed E-state index contributed by atoms with van der Waals surface area (Å²) < 4.78 is 26.5. The summed E-state index contributed by atoms with van der Waals surface area (Å²) in [6.07, 6.45) is 1.49. The minimum atomic E-state index is -0.407. The van der Waals surface area contributed by atoms with Crippen LogP contribution in [0.5, 0.6) is 0 Å². The van der Waals surface area contributed by atoms with Gasteiger partial charge in [0.1, 0.15) is 5.82 Å². The molecule has 4 rings (SSSR count). The Morgan fingerprint density at radius 3 is 2.40 bits per heavy atom. The second-order valence-corrected chi connectivity index (χ2v) is 7.01. The van der Waals surface area contributed by atoms with E-state index in [0.717, 1.165) is 22.9 Å². The predicted octanol–water partition coefficient (Wildman–Crippen LogP) is 4.73. The monoisotopic (exact) mass is 402 g/mol. The fourth-order valence-corrected chi connectivity index (χ4v) is 3.54. The average Bonchev–Trinajstić information content (AvgIpc) is 3.14. The number of nitrogens with zero attached hydrogens (tertiary/aromatic N) is 2. The fourth-order valence-electron chi connectivity index (χ4n) is 3.27. The number of rotatable bonds is 3. The van der Waals surface area contributed by atoms with Gasteiger partial charge in [0.15, 0.2) is 0 Å². The van der Waals surface area contributed by atoms with Gasteiger partial charge in [-0.2, -0.15) is 0 Å². The van der Waals surface area contributed by atoms with Crippen LogP contribution in [0.2, 0.25) is 0 Å². The third kappa shape index (κ3) is 3.00. The van der Waals surface area contributed by atoms with Crippen molar-refractivity contribution in [3.63, 3.8) is 0 Å². The summed E-state index contributed by atoms with van der Waals surface area (Å²) in [5, 5.41) is 8.38. The van der Waals surface area contributed by atoms with E-state index in [4.69, 9.17) is 9.15 Å². The van der Waals surface area contributed by atoms with Crippen LogP contribution in [0, 0.1) is 5.82 Å². The van der Waals surface area contributed by atoms with Crippen LogP contribution < -0.4 is 0 Å². The van der Waals surface area contributed by atoms with E-state index in [9.17, 15) is 4.39 Å². The van der Waals surface area contributed by atoms with Crippen molar-refractivity contribution in [2.45, 2.75) is 18.3 Å². The van der Waals surface area contributed by atoms with Gasteiger partial charge in [0.05, 0.1) is 11.0 Å². The molecule has 0 aliphatic carbocycles. The molecule has 6 heteroatoms. The van der Waals surface area contributed by atoms with Gasteiger partial charge in [-0.25, -0.2) is 4.39 Å². The first-order chi connectivity index (χ1) is 12.2. The molecular formula is C19H16BrFN2O2. The summed E-state index contributed by atoms with van der Waals surface area (Å²) in [5.74, 6) is 0.342. The van der Waals surface area contributed by atoms with Gasteiger partial charge in [0, 0.05) is 17.7 Å². The molecule has 0 saturated carbocycles. The minimum absolute atomic E-state index is 0.205. The summed E-state index contributed by atoms with van der Waals surface area (Å²) in [4.78, 5) is 0. The zero-order valence-electron chi connectivity index (χ0n) is 13.4. The number of aromatic nitrogens is 2. The molecule has 0 N–H and O–H groups in total. The molecule has 0 unspecified atom stereocenters. The fraction of sp³-hybridized carbons (Fsp3) is 0.263. The minimum Gasteiger partial charge on any atom is -0.420 e. The lowest BCUT2D eigenvalue weighted by molar-refractivity contribution is 0.0546. The van der Waals surface area contributed by atoms with Gasteiger partial charge in [0.2, 0.25) is 5.89 Å². The highest BCUT2D eigenvalue weighted by atomic mass is 79.9. The van der Waals surface area contributed by atoms with Crippen molar-refractivity contribution in [1.29, 1.82) is 0 Å². The standard InChI is InChI=1S/C19H16BrFN2O2/c20-14-7-5-13(6-8-14)19(9-11-24-12-10-19)18-23-22-17(25-18)15-3-1-2-4-16(15)21/h1-8H,9-12H2. The Bertz CT molecular complexity index is 873. The van der Waals surface area contributed by atoms with E-state index < -0.39 is 5.41 Å². The van der Waals surface area contributed by atoms with E-state index in [1.54, 1.807) is 18.2 Å². The first kappa shape index (κ1) is 16.4. The van der Waals surface area contributed by atoms with Gasteiger partial charge in [-0.1, -0.05) is 40.2 Å². The lowest BCUT2D eigenvalue weighted by Crippen LogP contribution is -2.35. The molecule has 1 aromatic heterocycles. The molecule has 25 heavy (non-hydrogen) atoms. The molecule has 1 saturated heterocycles. The van der Waals surface area contributed by atoms with E-state index in [1.807, 2.05) is 12.1 Å². The molecule has 1 fully saturated rings. The highest BCUT2D eigenvalue weighted by molar-refractivity contribution is 9.10. The SMILES string of the molecule is Fc1ccccc1-c1nnc(C2(c3ccc(Br)cc3)CCOCC2)o1. The quantitative estimate of drug-likeness (QED) is 0.634. The molecule has 1 aliphatic rings. The molecule has 4 nitrogen and oxygen atoms in total. The van der Waals surface area contributed by atoms with Crippen molar-refractivity contribution in [2.75, 3.05) is 13.2 Å². The number of hydrogen-bond donors (Lipinski definition) is 0. The van der Waals surface area contributed by atoms with Gasteiger partial charge >= 0.3 is 0 Å². The maximum atomic E-state index is 14.0. The van der Waals surface area contributed by atoms with E-state index in [0.29, 0.717) is 24.7 Å². The largest absolute Gasteiger partial charge is 0.420 e. The average molecular weight is 403 g/mol. The van der Waals surface area contributed by atoms with Crippen molar-refractivity contribution in [2.24, 2.45) is 0 Å². The van der Waals surface area contributed by atoms with Crippen molar-refractivity contribution in [3.05, 3.63) is 70.3 Å². The maximum absolute atomic E-state index is 14.0. The molecule has 0 spiro atoms. The van der Waals surface area contributed by atoms with E-state index in [1.165, 1.54) is 6.07 Å². The van der Waals surface area contributed by atoms with Crippen molar-refractivity contribution in [1.82, 2.24) is 10.2 Å². The number of halogens is 2.